The predicted octanol–water partition coefficient (Wildman–Crippen LogP) is 3.90. The number of rotatable bonds is 4. The number of amides is 2. The third kappa shape index (κ3) is 4.27. The molecule has 0 aromatic heterocycles. The molecule has 0 aliphatic carbocycles. The minimum atomic E-state index is -4.72. The maximum Gasteiger partial charge on any atom is 0.416 e. The lowest BCUT2D eigenvalue weighted by atomic mass is 10.1. The van der Waals surface area contributed by atoms with Crippen molar-refractivity contribution in [1.29, 1.82) is 0 Å². The number of hydrogen-bond acceptors (Lipinski definition) is 2. The zero-order chi connectivity index (χ0) is 19.6. The van der Waals surface area contributed by atoms with Gasteiger partial charge in [0.05, 0.1) is 5.56 Å². The Balaban J connectivity index is 1.75. The third-order valence-electron chi connectivity index (χ3n) is 4.31. The van der Waals surface area contributed by atoms with Crippen LogP contribution in [0.15, 0.2) is 42.5 Å². The first-order valence-electron chi connectivity index (χ1n) is 8.30. The van der Waals surface area contributed by atoms with E-state index < -0.39 is 30.0 Å². The van der Waals surface area contributed by atoms with Gasteiger partial charge in [0.25, 0.3) is 5.91 Å². The summed E-state index contributed by atoms with van der Waals surface area (Å²) in [7, 11) is 0. The highest BCUT2D eigenvalue weighted by Crippen LogP contribution is 2.32. The van der Waals surface area contributed by atoms with Crippen LogP contribution in [-0.2, 0) is 17.5 Å². The van der Waals surface area contributed by atoms with Gasteiger partial charge in [-0.05, 0) is 42.3 Å². The normalized spacial score (nSPS) is 14.5. The van der Waals surface area contributed by atoms with Crippen molar-refractivity contribution in [2.45, 2.75) is 25.6 Å². The number of halogens is 4. The summed E-state index contributed by atoms with van der Waals surface area (Å²) in [6.07, 6.45) is -3.54. The summed E-state index contributed by atoms with van der Waals surface area (Å²) in [6.45, 7) is 0.162. The van der Waals surface area contributed by atoms with Crippen molar-refractivity contribution >= 4 is 17.5 Å². The fourth-order valence-electron chi connectivity index (χ4n) is 2.98. The van der Waals surface area contributed by atoms with E-state index in [2.05, 4.69) is 5.32 Å². The van der Waals surface area contributed by atoms with Gasteiger partial charge in [-0.1, -0.05) is 12.1 Å². The number of carbonyl (C=O) groups excluding carboxylic acids is 2. The van der Waals surface area contributed by atoms with Gasteiger partial charge < -0.3 is 10.2 Å². The SMILES string of the molecule is O=C(NCc1ccc(F)cc1C(F)(F)F)c1cccc(N2CCCC2=O)c1. The molecular formula is C19H16F4N2O2. The van der Waals surface area contributed by atoms with Crippen LogP contribution in [-0.4, -0.2) is 18.4 Å². The quantitative estimate of drug-likeness (QED) is 0.818. The van der Waals surface area contributed by atoms with E-state index in [0.29, 0.717) is 24.7 Å². The molecule has 2 amide bonds. The average molecular weight is 380 g/mol. The molecule has 3 rings (SSSR count). The highest BCUT2D eigenvalue weighted by atomic mass is 19.4. The molecule has 2 aromatic rings. The molecule has 1 aliphatic rings. The minimum Gasteiger partial charge on any atom is -0.348 e. The van der Waals surface area contributed by atoms with Crippen LogP contribution in [0.1, 0.15) is 34.3 Å². The fraction of sp³-hybridized carbons (Fsp3) is 0.263. The van der Waals surface area contributed by atoms with Gasteiger partial charge in [0, 0.05) is 30.8 Å². The van der Waals surface area contributed by atoms with Crippen LogP contribution in [0, 0.1) is 5.82 Å². The number of anilines is 1. The number of carbonyl (C=O) groups is 2. The zero-order valence-electron chi connectivity index (χ0n) is 14.1. The molecule has 1 fully saturated rings. The van der Waals surface area contributed by atoms with Crippen molar-refractivity contribution in [2.24, 2.45) is 0 Å². The van der Waals surface area contributed by atoms with Gasteiger partial charge >= 0.3 is 6.18 Å². The number of nitrogens with one attached hydrogen (secondary N) is 1. The molecule has 0 radical (unpaired) electrons. The molecule has 4 nitrogen and oxygen atoms in total. The second-order valence-electron chi connectivity index (χ2n) is 6.18. The molecule has 1 heterocycles. The van der Waals surface area contributed by atoms with Crippen LogP contribution in [0.2, 0.25) is 0 Å². The largest absolute Gasteiger partial charge is 0.416 e. The summed E-state index contributed by atoms with van der Waals surface area (Å²) in [5, 5.41) is 2.41. The summed E-state index contributed by atoms with van der Waals surface area (Å²) in [5.74, 6) is -1.62. The fourth-order valence-corrected chi connectivity index (χ4v) is 2.98. The zero-order valence-corrected chi connectivity index (χ0v) is 14.1. The van der Waals surface area contributed by atoms with Crippen molar-refractivity contribution in [1.82, 2.24) is 5.32 Å². The topological polar surface area (TPSA) is 49.4 Å². The molecule has 0 bridgehead atoms. The van der Waals surface area contributed by atoms with E-state index in [1.807, 2.05) is 0 Å². The molecule has 1 N–H and O–H groups in total. The molecule has 1 saturated heterocycles. The first kappa shape index (κ1) is 18.9. The molecule has 142 valence electrons. The van der Waals surface area contributed by atoms with Crippen LogP contribution in [0.5, 0.6) is 0 Å². The van der Waals surface area contributed by atoms with Crippen LogP contribution in [0.25, 0.3) is 0 Å². The molecule has 8 heteroatoms. The van der Waals surface area contributed by atoms with E-state index in [1.165, 1.54) is 12.1 Å². The van der Waals surface area contributed by atoms with Crippen LogP contribution in [0.3, 0.4) is 0 Å². The Bertz CT molecular complexity index is 880. The standard InChI is InChI=1S/C19H16F4N2O2/c20-14-7-6-13(16(10-14)19(21,22)23)11-24-18(27)12-3-1-4-15(9-12)25-8-2-5-17(25)26/h1,3-4,6-7,9-10H,2,5,8,11H2,(H,24,27). The van der Waals surface area contributed by atoms with Gasteiger partial charge in [0.1, 0.15) is 5.82 Å². The minimum absolute atomic E-state index is 0.0336. The lowest BCUT2D eigenvalue weighted by molar-refractivity contribution is -0.138. The molecule has 0 saturated carbocycles. The second-order valence-corrected chi connectivity index (χ2v) is 6.18. The first-order chi connectivity index (χ1) is 12.8. The Morgan fingerprint density at radius 3 is 2.59 bits per heavy atom. The predicted molar refractivity (Wildman–Crippen MR) is 90.6 cm³/mol. The number of nitrogens with zero attached hydrogens (tertiary/aromatic N) is 1. The Morgan fingerprint density at radius 1 is 1.15 bits per heavy atom. The van der Waals surface area contributed by atoms with E-state index in [9.17, 15) is 27.2 Å². The van der Waals surface area contributed by atoms with Crippen molar-refractivity contribution in [2.75, 3.05) is 11.4 Å². The molecule has 27 heavy (non-hydrogen) atoms. The lowest BCUT2D eigenvalue weighted by Gasteiger charge is -2.17. The molecule has 1 aliphatic heterocycles. The second kappa shape index (κ2) is 7.38. The van der Waals surface area contributed by atoms with Gasteiger partial charge in [-0.3, -0.25) is 9.59 Å². The van der Waals surface area contributed by atoms with Gasteiger partial charge in [0.2, 0.25) is 5.91 Å². The van der Waals surface area contributed by atoms with Gasteiger partial charge in [0.15, 0.2) is 0 Å². The van der Waals surface area contributed by atoms with E-state index in [0.717, 1.165) is 18.6 Å². The highest BCUT2D eigenvalue weighted by molar-refractivity contribution is 5.99. The smallest absolute Gasteiger partial charge is 0.348 e. The molecule has 0 spiro atoms. The molecule has 0 unspecified atom stereocenters. The first-order valence-corrected chi connectivity index (χ1v) is 8.30. The molecular weight excluding hydrogens is 364 g/mol. The van der Waals surface area contributed by atoms with Gasteiger partial charge in [-0.25, -0.2) is 4.39 Å². The Hall–Kier alpha value is -2.90. The van der Waals surface area contributed by atoms with E-state index in [1.54, 1.807) is 17.0 Å². The highest BCUT2D eigenvalue weighted by Gasteiger charge is 2.33. The monoisotopic (exact) mass is 380 g/mol. The summed E-state index contributed by atoms with van der Waals surface area (Å²) < 4.78 is 52.2. The van der Waals surface area contributed by atoms with E-state index >= 15 is 0 Å². The maximum atomic E-state index is 13.1. The van der Waals surface area contributed by atoms with Gasteiger partial charge in [-0.15, -0.1) is 0 Å². The average Bonchev–Trinajstić information content (AvgIpc) is 3.05. The summed E-state index contributed by atoms with van der Waals surface area (Å²) in [5.41, 5.74) is -0.562. The van der Waals surface area contributed by atoms with Crippen LogP contribution in [0.4, 0.5) is 23.2 Å². The Morgan fingerprint density at radius 2 is 1.93 bits per heavy atom. The van der Waals surface area contributed by atoms with E-state index in [-0.39, 0.29) is 17.0 Å². The van der Waals surface area contributed by atoms with Crippen molar-refractivity contribution in [3.8, 4) is 0 Å². The van der Waals surface area contributed by atoms with Crippen LogP contribution < -0.4 is 10.2 Å². The third-order valence-corrected chi connectivity index (χ3v) is 4.31. The summed E-state index contributed by atoms with van der Waals surface area (Å²) in [6, 6.07) is 8.65. The summed E-state index contributed by atoms with van der Waals surface area (Å²) in [4.78, 5) is 25.7. The van der Waals surface area contributed by atoms with Crippen molar-refractivity contribution < 1.29 is 27.2 Å². The number of alkyl halides is 3. The Labute approximate surface area is 152 Å². The maximum absolute atomic E-state index is 13.1. The lowest BCUT2D eigenvalue weighted by Crippen LogP contribution is -2.26. The number of hydrogen-bond donors (Lipinski definition) is 1. The molecule has 2 aromatic carbocycles. The Kier molecular flexibility index (Phi) is 5.16. The van der Waals surface area contributed by atoms with Gasteiger partial charge in [-0.2, -0.15) is 13.2 Å². The summed E-state index contributed by atoms with van der Waals surface area (Å²) >= 11 is 0. The molecule has 0 atom stereocenters. The van der Waals surface area contributed by atoms with Crippen LogP contribution >= 0.6 is 0 Å². The number of benzene rings is 2. The van der Waals surface area contributed by atoms with Crippen molar-refractivity contribution in [3.63, 3.8) is 0 Å². The van der Waals surface area contributed by atoms with Crippen molar-refractivity contribution in [3.05, 3.63) is 65.0 Å². The van der Waals surface area contributed by atoms with E-state index in [4.69, 9.17) is 0 Å².